The molecule has 0 N–H and O–H groups in total. The predicted octanol–water partition coefficient (Wildman–Crippen LogP) is 5.34. The van der Waals surface area contributed by atoms with Gasteiger partial charge in [-0.2, -0.15) is 0 Å². The molecule has 0 amide bonds. The molecule has 0 fully saturated rings. The molecule has 5 heteroatoms. The van der Waals surface area contributed by atoms with E-state index >= 15 is 0 Å². The minimum atomic E-state index is -0.212. The number of benzene rings is 2. The second kappa shape index (κ2) is 15.0. The third-order valence-electron chi connectivity index (χ3n) is 2.70. The molecule has 0 aliphatic rings. The van der Waals surface area contributed by atoms with Gasteiger partial charge in [0, 0.05) is 15.8 Å². The Morgan fingerprint density at radius 1 is 0.619 bits per heavy atom. The molecule has 2 rings (SSSR count). The Morgan fingerprint density at radius 3 is 1.00 bits per heavy atom. The van der Waals surface area contributed by atoms with Crippen molar-refractivity contribution in [2.24, 2.45) is 0 Å². The molecule has 0 radical (unpaired) electrons. The van der Waals surface area contributed by atoms with Crippen molar-refractivity contribution in [1.29, 1.82) is 0 Å². The molecule has 0 unspecified atom stereocenters. The summed E-state index contributed by atoms with van der Waals surface area (Å²) >= 11 is 5.30. The van der Waals surface area contributed by atoms with Gasteiger partial charge in [0.05, 0.1) is 37.3 Å². The summed E-state index contributed by atoms with van der Waals surface area (Å²) in [5, 5.41) is 3.03. The summed E-state index contributed by atoms with van der Waals surface area (Å²) in [6.45, 7) is 9.22. The average molecular weight is 727 g/mol. The minimum absolute atomic E-state index is 0.212. The standard InChI is InChI=1S/2C8H11P.2HI.Pt/c2*1-9(2)8-6-4-3-5-7-8;;;/h2*3-7H,1-2H3;2*1H;/q;;;;+2. The maximum atomic E-state index is 2.39. The first-order valence-electron chi connectivity index (χ1n) is 6.56. The van der Waals surface area contributed by atoms with Crippen molar-refractivity contribution in [1.82, 2.24) is 0 Å². The van der Waals surface area contributed by atoms with Crippen molar-refractivity contribution in [2.75, 3.05) is 26.7 Å². The Balaban J connectivity index is 0.000000322. The van der Waals surface area contributed by atoms with E-state index in [1.807, 2.05) is 0 Å². The van der Waals surface area contributed by atoms with Crippen LogP contribution in [0.15, 0.2) is 60.7 Å². The summed E-state index contributed by atoms with van der Waals surface area (Å²) in [7, 11) is -0.424. The molecular weight excluding hydrogens is 703 g/mol. The van der Waals surface area contributed by atoms with Gasteiger partial charge in [0.2, 0.25) is 0 Å². The van der Waals surface area contributed by atoms with Gasteiger partial charge in [-0.3, -0.25) is 0 Å². The van der Waals surface area contributed by atoms with Crippen LogP contribution in [-0.2, 0) is 11.2 Å². The van der Waals surface area contributed by atoms with Gasteiger partial charge in [-0.25, -0.2) is 0 Å². The molecule has 0 aromatic heterocycles. The van der Waals surface area contributed by atoms with Gasteiger partial charge in [0.1, 0.15) is 0 Å². The van der Waals surface area contributed by atoms with Crippen LogP contribution in [-0.4, -0.2) is 26.7 Å². The van der Waals surface area contributed by atoms with Gasteiger partial charge in [-0.15, -0.1) is 0 Å². The number of hydrogen-bond donors (Lipinski definition) is 0. The van der Waals surface area contributed by atoms with Crippen LogP contribution in [0, 0.1) is 0 Å². The number of hydrogen-bond acceptors (Lipinski definition) is 0. The summed E-state index contributed by atoms with van der Waals surface area (Å²) in [6.07, 6.45) is 0. The van der Waals surface area contributed by atoms with Crippen LogP contribution in [0.5, 0.6) is 0 Å². The number of halogens is 2. The van der Waals surface area contributed by atoms with E-state index in [0.29, 0.717) is 11.2 Å². The van der Waals surface area contributed by atoms with Gasteiger partial charge < -0.3 is 0 Å². The zero-order chi connectivity index (χ0) is 16.1. The Kier molecular flexibility index (Phi) is 16.0. The van der Waals surface area contributed by atoms with E-state index in [9.17, 15) is 0 Å². The van der Waals surface area contributed by atoms with Crippen LogP contribution in [0.2, 0.25) is 0 Å². The van der Waals surface area contributed by atoms with Crippen molar-refractivity contribution in [2.45, 2.75) is 0 Å². The first-order chi connectivity index (χ1) is 10.0. The van der Waals surface area contributed by atoms with Crippen molar-refractivity contribution < 1.29 is 11.2 Å². The predicted molar refractivity (Wildman–Crippen MR) is 121 cm³/mol. The summed E-state index contributed by atoms with van der Waals surface area (Å²) in [5.74, 6) is 0. The maximum absolute atomic E-state index is 2.39. The van der Waals surface area contributed by atoms with Crippen molar-refractivity contribution in [3.8, 4) is 0 Å². The van der Waals surface area contributed by atoms with E-state index in [2.05, 4.69) is 126 Å². The second-order valence-electron chi connectivity index (χ2n) is 4.78. The first-order valence-corrected chi connectivity index (χ1v) is 24.4. The molecule has 0 nitrogen and oxygen atoms in total. The van der Waals surface area contributed by atoms with Gasteiger partial charge in [0.15, 0.2) is 0 Å². The first kappa shape index (κ1) is 22.4. The second-order valence-corrected chi connectivity index (χ2v) is 26.5. The topological polar surface area (TPSA) is 0 Å². The summed E-state index contributed by atoms with van der Waals surface area (Å²) in [5.41, 5.74) is 0. The number of rotatable bonds is 2. The Bertz CT molecular complexity index is 407. The molecule has 0 spiro atoms. The van der Waals surface area contributed by atoms with Crippen molar-refractivity contribution in [3.63, 3.8) is 0 Å². The Labute approximate surface area is 162 Å². The monoisotopic (exact) mass is 727 g/mol. The van der Waals surface area contributed by atoms with E-state index < -0.39 is 0 Å². The molecule has 0 saturated heterocycles. The Morgan fingerprint density at radius 2 is 0.857 bits per heavy atom. The van der Waals surface area contributed by atoms with Gasteiger partial charge in [0.25, 0.3) is 0 Å². The zero-order valence-electron chi connectivity index (χ0n) is 12.8. The zero-order valence-corrected chi connectivity index (χ0v) is 21.4. The molecule has 0 saturated carbocycles. The molecule has 2 aromatic rings. The van der Waals surface area contributed by atoms with Crippen molar-refractivity contribution in [3.05, 3.63) is 60.7 Å². The van der Waals surface area contributed by atoms with E-state index in [4.69, 9.17) is 0 Å². The summed E-state index contributed by atoms with van der Waals surface area (Å²) in [6, 6.07) is 21.4. The third kappa shape index (κ3) is 12.5. The van der Waals surface area contributed by atoms with Crippen LogP contribution < -0.4 is 10.6 Å². The molecule has 120 valence electrons. The van der Waals surface area contributed by atoms with Gasteiger partial charge in [-0.1, -0.05) is 36.4 Å². The molecule has 0 heterocycles. The fraction of sp³-hybridized carbons (Fsp3) is 0.250. The summed E-state index contributed by atoms with van der Waals surface area (Å²) in [4.78, 5) is 0. The fourth-order valence-corrected chi connectivity index (χ4v) is 3.26. The van der Waals surface area contributed by atoms with E-state index in [0.717, 1.165) is 0 Å². The van der Waals surface area contributed by atoms with Crippen LogP contribution in [0.1, 0.15) is 0 Å². The normalized spacial score (nSPS) is 9.71. The average Bonchev–Trinajstić information content (AvgIpc) is 2.50. The van der Waals surface area contributed by atoms with Crippen LogP contribution in [0.4, 0.5) is 0 Å². The SMILES string of the molecule is C[PH+](C)c1ccccc1.C[PH+](C)c1ccccc1.[I][Pt][I]. The molecule has 0 aliphatic heterocycles. The van der Waals surface area contributed by atoms with Crippen LogP contribution in [0.25, 0.3) is 0 Å². The van der Waals surface area contributed by atoms with Gasteiger partial charge in [-0.05, 0) is 24.3 Å². The fourth-order valence-electron chi connectivity index (χ4n) is 1.54. The third-order valence-corrected chi connectivity index (χ3v) is 5.68. The van der Waals surface area contributed by atoms with Crippen LogP contribution in [0.3, 0.4) is 0 Å². The van der Waals surface area contributed by atoms with E-state index in [1.54, 1.807) is 0 Å². The Hall–Kier alpha value is 1.45. The molecule has 21 heavy (non-hydrogen) atoms. The molecule has 0 aliphatic carbocycles. The quantitative estimate of drug-likeness (QED) is 0.290. The molecular formula is C16H24I2P2Pt+2. The van der Waals surface area contributed by atoms with Crippen molar-refractivity contribution >= 4 is 65.2 Å². The molecule has 2 aromatic carbocycles. The summed E-state index contributed by atoms with van der Waals surface area (Å²) < 4.78 is 0. The molecule has 0 atom stereocenters. The van der Waals surface area contributed by atoms with Crippen LogP contribution >= 0.6 is 54.5 Å². The van der Waals surface area contributed by atoms with E-state index in [-0.39, 0.29) is 15.8 Å². The van der Waals surface area contributed by atoms with Gasteiger partial charge >= 0.3 is 49.9 Å². The van der Waals surface area contributed by atoms with E-state index in [1.165, 1.54) is 10.6 Å². The molecule has 0 bridgehead atoms.